The fraction of sp³-hybridized carbons (Fsp3) is 0.316. The van der Waals surface area contributed by atoms with E-state index < -0.39 is 0 Å². The predicted molar refractivity (Wildman–Crippen MR) is 92.3 cm³/mol. The number of rotatable bonds is 5. The van der Waals surface area contributed by atoms with Crippen LogP contribution in [0.1, 0.15) is 31.9 Å². The molecule has 2 aromatic rings. The molecule has 2 rings (SSSR count). The number of aryl methyl sites for hydroxylation is 1. The number of carbonyl (C=O) groups excluding carboxylic acids is 1. The van der Waals surface area contributed by atoms with Gasteiger partial charge < -0.3 is 10.6 Å². The van der Waals surface area contributed by atoms with Crippen molar-refractivity contribution in [1.82, 2.24) is 5.32 Å². The van der Waals surface area contributed by atoms with Gasteiger partial charge in [-0.2, -0.15) is 0 Å². The summed E-state index contributed by atoms with van der Waals surface area (Å²) >= 11 is 0. The van der Waals surface area contributed by atoms with Gasteiger partial charge in [0.2, 0.25) is 0 Å². The maximum Gasteiger partial charge on any atom is 0.319 e. The van der Waals surface area contributed by atoms with Crippen molar-refractivity contribution < 1.29 is 4.79 Å². The molecular formula is C19H24N2O. The Kier molecular flexibility index (Phi) is 5.21. The van der Waals surface area contributed by atoms with Crippen LogP contribution in [0.5, 0.6) is 0 Å². The van der Waals surface area contributed by atoms with Crippen LogP contribution in [-0.2, 0) is 11.8 Å². The molecule has 0 bridgehead atoms. The normalized spacial score (nSPS) is 11.0. The van der Waals surface area contributed by atoms with Gasteiger partial charge in [-0.1, -0.05) is 69.3 Å². The second kappa shape index (κ2) is 7.12. The van der Waals surface area contributed by atoms with Gasteiger partial charge in [0.1, 0.15) is 0 Å². The van der Waals surface area contributed by atoms with Crippen LogP contribution in [0.3, 0.4) is 0 Å². The minimum atomic E-state index is -0.162. The molecule has 116 valence electrons. The van der Waals surface area contributed by atoms with Gasteiger partial charge in [0.05, 0.1) is 0 Å². The zero-order valence-corrected chi connectivity index (χ0v) is 13.5. The summed E-state index contributed by atoms with van der Waals surface area (Å²) in [5.74, 6) is 0. The highest BCUT2D eigenvalue weighted by Gasteiger charge is 2.21. The molecule has 2 aromatic carbocycles. The fourth-order valence-electron chi connectivity index (χ4n) is 2.41. The molecule has 0 heterocycles. The quantitative estimate of drug-likeness (QED) is 0.846. The Bertz CT molecular complexity index is 620. The highest BCUT2D eigenvalue weighted by Crippen LogP contribution is 2.22. The summed E-state index contributed by atoms with van der Waals surface area (Å²) in [6.45, 7) is 6.92. The standard InChI is InChI=1S/C19H24N2O/c1-4-15-10-8-9-13-17(15)21-18(22)20-14-19(2,3)16-11-6-5-7-12-16/h5-13H,4,14H2,1-3H3,(H2,20,21,22). The zero-order valence-electron chi connectivity index (χ0n) is 13.5. The van der Waals surface area contributed by atoms with Crippen molar-refractivity contribution in [1.29, 1.82) is 0 Å². The molecule has 0 aliphatic rings. The fourth-order valence-corrected chi connectivity index (χ4v) is 2.41. The van der Waals surface area contributed by atoms with Crippen LogP contribution < -0.4 is 10.6 Å². The minimum absolute atomic E-state index is 0.108. The Balaban J connectivity index is 1.95. The molecule has 0 unspecified atom stereocenters. The predicted octanol–water partition coefficient (Wildman–Crippen LogP) is 4.35. The summed E-state index contributed by atoms with van der Waals surface area (Å²) in [6.07, 6.45) is 0.895. The van der Waals surface area contributed by atoms with Crippen molar-refractivity contribution in [2.45, 2.75) is 32.6 Å². The number of carbonyl (C=O) groups is 1. The third-order valence-corrected chi connectivity index (χ3v) is 3.89. The van der Waals surface area contributed by atoms with Gasteiger partial charge >= 0.3 is 6.03 Å². The molecule has 0 fully saturated rings. The first-order valence-corrected chi connectivity index (χ1v) is 7.71. The monoisotopic (exact) mass is 296 g/mol. The molecule has 22 heavy (non-hydrogen) atoms. The molecule has 0 aliphatic heterocycles. The lowest BCUT2D eigenvalue weighted by Gasteiger charge is -2.25. The van der Waals surface area contributed by atoms with Crippen LogP contribution in [0.4, 0.5) is 10.5 Å². The van der Waals surface area contributed by atoms with Crippen molar-refractivity contribution in [3.05, 3.63) is 65.7 Å². The van der Waals surface area contributed by atoms with E-state index in [2.05, 4.69) is 43.5 Å². The van der Waals surface area contributed by atoms with Gasteiger partial charge in [0, 0.05) is 17.6 Å². The Labute approximate surface area is 132 Å². The van der Waals surface area contributed by atoms with E-state index in [1.54, 1.807) is 0 Å². The van der Waals surface area contributed by atoms with Crippen molar-refractivity contribution in [2.75, 3.05) is 11.9 Å². The molecular weight excluding hydrogens is 272 g/mol. The molecule has 2 N–H and O–H groups in total. The van der Waals surface area contributed by atoms with Crippen LogP contribution in [-0.4, -0.2) is 12.6 Å². The number of benzene rings is 2. The van der Waals surface area contributed by atoms with E-state index in [9.17, 15) is 4.79 Å². The van der Waals surface area contributed by atoms with Crippen LogP contribution in [0.15, 0.2) is 54.6 Å². The number of hydrogen-bond acceptors (Lipinski definition) is 1. The lowest BCUT2D eigenvalue weighted by Crippen LogP contribution is -2.39. The SMILES string of the molecule is CCc1ccccc1NC(=O)NCC(C)(C)c1ccccc1. The highest BCUT2D eigenvalue weighted by atomic mass is 16.2. The molecule has 3 heteroatoms. The van der Waals surface area contributed by atoms with Gasteiger partial charge in [-0.05, 0) is 23.6 Å². The summed E-state index contributed by atoms with van der Waals surface area (Å²) in [7, 11) is 0. The van der Waals surface area contributed by atoms with Crippen LogP contribution in [0, 0.1) is 0 Å². The number of nitrogens with one attached hydrogen (secondary N) is 2. The molecule has 0 radical (unpaired) electrons. The van der Waals surface area contributed by atoms with Crippen molar-refractivity contribution >= 4 is 11.7 Å². The van der Waals surface area contributed by atoms with E-state index in [0.717, 1.165) is 17.7 Å². The Morgan fingerprint density at radius 2 is 1.64 bits per heavy atom. The summed E-state index contributed by atoms with van der Waals surface area (Å²) < 4.78 is 0. The van der Waals surface area contributed by atoms with Crippen molar-refractivity contribution in [3.63, 3.8) is 0 Å². The Hall–Kier alpha value is -2.29. The number of anilines is 1. The molecule has 2 amide bonds. The average Bonchev–Trinajstić information content (AvgIpc) is 2.54. The second-order valence-corrected chi connectivity index (χ2v) is 6.07. The van der Waals surface area contributed by atoms with E-state index in [-0.39, 0.29) is 11.4 Å². The number of hydrogen-bond donors (Lipinski definition) is 2. The maximum absolute atomic E-state index is 12.1. The molecule has 0 aliphatic carbocycles. The number of urea groups is 1. The zero-order chi connectivity index (χ0) is 16.0. The van der Waals surface area contributed by atoms with Gasteiger partial charge in [-0.15, -0.1) is 0 Å². The topological polar surface area (TPSA) is 41.1 Å². The highest BCUT2D eigenvalue weighted by molar-refractivity contribution is 5.90. The molecule has 0 atom stereocenters. The van der Waals surface area contributed by atoms with Crippen molar-refractivity contribution in [3.8, 4) is 0 Å². The summed E-state index contributed by atoms with van der Waals surface area (Å²) in [5.41, 5.74) is 3.12. The van der Waals surface area contributed by atoms with Gasteiger partial charge in [-0.3, -0.25) is 0 Å². The van der Waals surface area contributed by atoms with Crippen LogP contribution >= 0.6 is 0 Å². The molecule has 0 saturated heterocycles. The van der Waals surface area contributed by atoms with E-state index in [1.165, 1.54) is 5.56 Å². The molecule has 0 spiro atoms. The molecule has 0 saturated carbocycles. The van der Waals surface area contributed by atoms with Crippen LogP contribution in [0.25, 0.3) is 0 Å². The van der Waals surface area contributed by atoms with E-state index >= 15 is 0 Å². The average molecular weight is 296 g/mol. The van der Waals surface area contributed by atoms with Crippen molar-refractivity contribution in [2.24, 2.45) is 0 Å². The van der Waals surface area contributed by atoms with Crippen LogP contribution in [0.2, 0.25) is 0 Å². The van der Waals surface area contributed by atoms with E-state index in [1.807, 2.05) is 42.5 Å². The minimum Gasteiger partial charge on any atom is -0.337 e. The first kappa shape index (κ1) is 16.1. The largest absolute Gasteiger partial charge is 0.337 e. The first-order valence-electron chi connectivity index (χ1n) is 7.71. The molecule has 0 aromatic heterocycles. The summed E-state index contributed by atoms with van der Waals surface area (Å²) in [4.78, 5) is 12.1. The van der Waals surface area contributed by atoms with Gasteiger partial charge in [-0.25, -0.2) is 4.79 Å². The third kappa shape index (κ3) is 4.10. The number of amides is 2. The van der Waals surface area contributed by atoms with Gasteiger partial charge in [0.25, 0.3) is 0 Å². The second-order valence-electron chi connectivity index (χ2n) is 6.07. The summed E-state index contributed by atoms with van der Waals surface area (Å²) in [6, 6.07) is 17.9. The smallest absolute Gasteiger partial charge is 0.319 e. The third-order valence-electron chi connectivity index (χ3n) is 3.89. The lowest BCUT2D eigenvalue weighted by molar-refractivity contribution is 0.249. The molecule has 3 nitrogen and oxygen atoms in total. The Morgan fingerprint density at radius 1 is 1.00 bits per heavy atom. The Morgan fingerprint density at radius 3 is 2.32 bits per heavy atom. The lowest BCUT2D eigenvalue weighted by atomic mass is 9.85. The van der Waals surface area contributed by atoms with E-state index in [0.29, 0.717) is 6.54 Å². The van der Waals surface area contributed by atoms with Gasteiger partial charge in [0.15, 0.2) is 0 Å². The van der Waals surface area contributed by atoms with E-state index in [4.69, 9.17) is 0 Å². The number of para-hydroxylation sites is 1. The first-order chi connectivity index (χ1) is 10.5. The maximum atomic E-state index is 12.1. The summed E-state index contributed by atoms with van der Waals surface area (Å²) in [5, 5.41) is 5.91.